The number of aromatic nitrogens is 2. The van der Waals surface area contributed by atoms with Crippen LogP contribution in [-0.2, 0) is 0 Å². The van der Waals surface area contributed by atoms with Gasteiger partial charge in [-0.15, -0.1) is 11.3 Å². The number of benzene rings is 1. The maximum absolute atomic E-state index is 12.2. The molecule has 2 heterocycles. The third-order valence-electron chi connectivity index (χ3n) is 3.69. The van der Waals surface area contributed by atoms with Crippen LogP contribution < -0.4 is 10.6 Å². The first-order valence-corrected chi connectivity index (χ1v) is 8.53. The van der Waals surface area contributed by atoms with Gasteiger partial charge >= 0.3 is 0 Å². The van der Waals surface area contributed by atoms with Crippen molar-refractivity contribution < 1.29 is 14.5 Å². The molecule has 0 spiro atoms. The number of rotatable bonds is 6. The smallest absolute Gasteiger partial charge is 0.283 e. The van der Waals surface area contributed by atoms with Gasteiger partial charge < -0.3 is 10.6 Å². The van der Waals surface area contributed by atoms with Crippen molar-refractivity contribution in [3.63, 3.8) is 0 Å². The van der Waals surface area contributed by atoms with Gasteiger partial charge in [0.1, 0.15) is 0 Å². The highest BCUT2D eigenvalue weighted by atomic mass is 32.1. The lowest BCUT2D eigenvalue weighted by molar-refractivity contribution is -0.385. The number of aryl methyl sites for hydroxylation is 1. The van der Waals surface area contributed by atoms with Crippen LogP contribution in [0.15, 0.2) is 30.3 Å². The predicted octanol–water partition coefficient (Wildman–Crippen LogP) is 2.00. The summed E-state index contributed by atoms with van der Waals surface area (Å²) in [5.41, 5.74) is 0.982. The van der Waals surface area contributed by atoms with Crippen molar-refractivity contribution in [2.75, 3.05) is 13.1 Å². The summed E-state index contributed by atoms with van der Waals surface area (Å²) in [4.78, 5) is 35.2. The number of amides is 2. The zero-order valence-electron chi connectivity index (χ0n) is 13.7. The number of fused-ring (bicyclic) bond motifs is 1. The van der Waals surface area contributed by atoms with Crippen molar-refractivity contribution in [3.05, 3.63) is 55.9 Å². The summed E-state index contributed by atoms with van der Waals surface area (Å²) >= 11 is 1.06. The van der Waals surface area contributed by atoms with Crippen molar-refractivity contribution in [1.82, 2.24) is 20.8 Å². The Morgan fingerprint density at radius 1 is 1.23 bits per heavy atom. The molecule has 3 rings (SSSR count). The molecule has 2 aromatic heterocycles. The minimum Gasteiger partial charge on any atom is -0.350 e. The van der Waals surface area contributed by atoms with Gasteiger partial charge in [-0.05, 0) is 13.0 Å². The second-order valence-corrected chi connectivity index (χ2v) is 6.70. The lowest BCUT2D eigenvalue weighted by Crippen LogP contribution is -2.34. The average molecular weight is 373 g/mol. The molecular weight excluding hydrogens is 358 g/mol. The molecule has 0 aliphatic heterocycles. The number of aromatic amines is 1. The second kappa shape index (κ2) is 7.31. The SMILES string of the molecule is Cc1sc(C(=O)NCCNC(=O)c2n[nH]c3ccccc23)cc1[N+](=O)[O-]. The molecule has 3 N–H and O–H groups in total. The van der Waals surface area contributed by atoms with Crippen molar-refractivity contribution in [2.24, 2.45) is 0 Å². The van der Waals surface area contributed by atoms with Crippen molar-refractivity contribution in [2.45, 2.75) is 6.92 Å². The van der Waals surface area contributed by atoms with Gasteiger partial charge in [0.05, 0.1) is 20.2 Å². The van der Waals surface area contributed by atoms with E-state index in [1.807, 2.05) is 18.2 Å². The van der Waals surface area contributed by atoms with Crippen LogP contribution in [0.1, 0.15) is 25.0 Å². The Morgan fingerprint density at radius 3 is 2.62 bits per heavy atom. The Labute approximate surface area is 151 Å². The zero-order chi connectivity index (χ0) is 18.7. The van der Waals surface area contributed by atoms with Gasteiger partial charge in [0.15, 0.2) is 5.69 Å². The molecule has 1 aromatic carbocycles. The summed E-state index contributed by atoms with van der Waals surface area (Å²) in [6.45, 7) is 1.99. The summed E-state index contributed by atoms with van der Waals surface area (Å²) < 4.78 is 0. The minimum atomic E-state index is -0.517. The molecule has 0 radical (unpaired) electrons. The Balaban J connectivity index is 1.52. The lowest BCUT2D eigenvalue weighted by Gasteiger charge is -2.05. The quantitative estimate of drug-likeness (QED) is 0.346. The number of para-hydroxylation sites is 1. The average Bonchev–Trinajstić information content (AvgIpc) is 3.22. The van der Waals surface area contributed by atoms with Gasteiger partial charge in [-0.2, -0.15) is 5.10 Å². The van der Waals surface area contributed by atoms with Crippen LogP contribution in [0.4, 0.5) is 5.69 Å². The summed E-state index contributed by atoms with van der Waals surface area (Å²) in [5, 5.41) is 23.6. The van der Waals surface area contributed by atoms with E-state index in [2.05, 4.69) is 20.8 Å². The standard InChI is InChI=1S/C16H15N5O4S/c1-9-12(21(24)25)8-13(26-9)15(22)17-6-7-18-16(23)14-10-4-2-3-5-11(10)19-20-14/h2-5,8H,6-7H2,1H3,(H,17,22)(H,18,23)(H,19,20). The van der Waals surface area contributed by atoms with E-state index < -0.39 is 10.8 Å². The molecule has 2 amide bonds. The lowest BCUT2D eigenvalue weighted by atomic mass is 10.2. The minimum absolute atomic E-state index is 0.0705. The fraction of sp³-hybridized carbons (Fsp3) is 0.188. The maximum atomic E-state index is 12.2. The highest BCUT2D eigenvalue weighted by Gasteiger charge is 2.19. The van der Waals surface area contributed by atoms with E-state index in [4.69, 9.17) is 0 Å². The Morgan fingerprint density at radius 2 is 1.92 bits per heavy atom. The van der Waals surface area contributed by atoms with E-state index in [-0.39, 0.29) is 35.3 Å². The highest BCUT2D eigenvalue weighted by Crippen LogP contribution is 2.27. The largest absolute Gasteiger partial charge is 0.350 e. The molecular formula is C16H15N5O4S. The van der Waals surface area contributed by atoms with Crippen LogP contribution in [-0.4, -0.2) is 40.0 Å². The number of hydrogen-bond acceptors (Lipinski definition) is 6. The molecule has 26 heavy (non-hydrogen) atoms. The van der Waals surface area contributed by atoms with Gasteiger partial charge in [0.2, 0.25) is 0 Å². The number of nitro groups is 1. The van der Waals surface area contributed by atoms with Crippen LogP contribution in [0.3, 0.4) is 0 Å². The van der Waals surface area contributed by atoms with Crippen LogP contribution in [0.2, 0.25) is 0 Å². The number of carbonyl (C=O) groups excluding carboxylic acids is 2. The molecule has 0 saturated carbocycles. The van der Waals surface area contributed by atoms with Crippen LogP contribution in [0, 0.1) is 17.0 Å². The molecule has 0 fully saturated rings. The monoisotopic (exact) mass is 373 g/mol. The molecule has 0 atom stereocenters. The van der Waals surface area contributed by atoms with E-state index in [0.717, 1.165) is 22.2 Å². The van der Waals surface area contributed by atoms with Gasteiger partial charge in [0.25, 0.3) is 17.5 Å². The first-order valence-electron chi connectivity index (χ1n) is 7.71. The van der Waals surface area contributed by atoms with Crippen LogP contribution in [0.5, 0.6) is 0 Å². The number of nitrogens with one attached hydrogen (secondary N) is 3. The number of thiophene rings is 1. The highest BCUT2D eigenvalue weighted by molar-refractivity contribution is 7.14. The molecule has 10 heteroatoms. The summed E-state index contributed by atoms with van der Waals surface area (Å²) in [5.74, 6) is -0.759. The second-order valence-electron chi connectivity index (χ2n) is 5.44. The third kappa shape index (κ3) is 3.54. The topological polar surface area (TPSA) is 130 Å². The van der Waals surface area contributed by atoms with Gasteiger partial charge in [-0.25, -0.2) is 0 Å². The molecule has 134 valence electrons. The number of H-pyrrole nitrogens is 1. The first kappa shape index (κ1) is 17.5. The van der Waals surface area contributed by atoms with E-state index >= 15 is 0 Å². The third-order valence-corrected chi connectivity index (χ3v) is 4.73. The molecule has 0 aliphatic rings. The Kier molecular flexibility index (Phi) is 4.94. The fourth-order valence-corrected chi connectivity index (χ4v) is 3.33. The van der Waals surface area contributed by atoms with Crippen molar-refractivity contribution in [1.29, 1.82) is 0 Å². The summed E-state index contributed by atoms with van der Waals surface area (Å²) in [7, 11) is 0. The molecule has 0 bridgehead atoms. The van der Waals surface area contributed by atoms with Crippen molar-refractivity contribution >= 4 is 39.7 Å². The Bertz CT molecular complexity index is 994. The van der Waals surface area contributed by atoms with Crippen molar-refractivity contribution in [3.8, 4) is 0 Å². The summed E-state index contributed by atoms with van der Waals surface area (Å²) in [6.07, 6.45) is 0. The zero-order valence-corrected chi connectivity index (χ0v) is 14.6. The van der Waals surface area contributed by atoms with Crippen LogP contribution >= 0.6 is 11.3 Å². The van der Waals surface area contributed by atoms with E-state index in [9.17, 15) is 19.7 Å². The van der Waals surface area contributed by atoms with E-state index in [1.54, 1.807) is 13.0 Å². The van der Waals surface area contributed by atoms with E-state index in [0.29, 0.717) is 4.88 Å². The molecule has 9 nitrogen and oxygen atoms in total. The van der Waals surface area contributed by atoms with Gasteiger partial charge in [-0.3, -0.25) is 24.8 Å². The van der Waals surface area contributed by atoms with Gasteiger partial charge in [0, 0.05) is 24.5 Å². The molecule has 0 unspecified atom stereocenters. The predicted molar refractivity (Wildman–Crippen MR) is 96.5 cm³/mol. The number of nitrogens with zero attached hydrogens (tertiary/aromatic N) is 2. The molecule has 0 aliphatic carbocycles. The summed E-state index contributed by atoms with van der Waals surface area (Å²) in [6, 6.07) is 8.53. The normalized spacial score (nSPS) is 10.7. The maximum Gasteiger partial charge on any atom is 0.283 e. The van der Waals surface area contributed by atoms with Gasteiger partial charge in [-0.1, -0.05) is 18.2 Å². The number of carbonyl (C=O) groups is 2. The Hall–Kier alpha value is -3.27. The first-order chi connectivity index (χ1) is 12.5. The van der Waals surface area contributed by atoms with E-state index in [1.165, 1.54) is 6.07 Å². The molecule has 0 saturated heterocycles. The fourth-order valence-electron chi connectivity index (χ4n) is 2.43. The van der Waals surface area contributed by atoms with Crippen LogP contribution in [0.25, 0.3) is 10.9 Å². The molecule has 3 aromatic rings. The number of hydrogen-bond donors (Lipinski definition) is 3.